The van der Waals surface area contributed by atoms with E-state index in [-0.39, 0.29) is 5.82 Å². The molecule has 2 aromatic carbocycles. The monoisotopic (exact) mass is 214 g/mol. The van der Waals surface area contributed by atoms with E-state index in [0.717, 1.165) is 17.4 Å². The number of aldehydes is 1. The Bertz CT molecular complexity index is 506. The summed E-state index contributed by atoms with van der Waals surface area (Å²) in [5.41, 5.74) is 2.18. The maximum absolute atomic E-state index is 13.6. The Morgan fingerprint density at radius 3 is 2.25 bits per heavy atom. The Morgan fingerprint density at radius 2 is 1.56 bits per heavy atom. The summed E-state index contributed by atoms with van der Waals surface area (Å²) in [6.07, 6.45) is 1.14. The van der Waals surface area contributed by atoms with E-state index in [4.69, 9.17) is 0 Å². The third-order valence-electron chi connectivity index (χ3n) is 2.48. The van der Waals surface area contributed by atoms with E-state index in [1.54, 1.807) is 18.2 Å². The van der Waals surface area contributed by atoms with Crippen molar-refractivity contribution in [1.29, 1.82) is 0 Å². The Morgan fingerprint density at radius 1 is 0.938 bits per heavy atom. The van der Waals surface area contributed by atoms with Crippen molar-refractivity contribution >= 4 is 6.29 Å². The van der Waals surface area contributed by atoms with Gasteiger partial charge in [0.15, 0.2) is 0 Å². The molecule has 0 unspecified atom stereocenters. The molecule has 2 aromatic rings. The van der Waals surface area contributed by atoms with Gasteiger partial charge in [-0.25, -0.2) is 4.39 Å². The Kier molecular flexibility index (Phi) is 3.10. The third kappa shape index (κ3) is 2.01. The van der Waals surface area contributed by atoms with Crippen LogP contribution in [-0.2, 0) is 11.2 Å². The number of hydrogen-bond acceptors (Lipinski definition) is 1. The van der Waals surface area contributed by atoms with Gasteiger partial charge < -0.3 is 4.79 Å². The molecule has 0 amide bonds. The van der Waals surface area contributed by atoms with E-state index in [2.05, 4.69) is 0 Å². The fourth-order valence-electron chi connectivity index (χ4n) is 1.73. The van der Waals surface area contributed by atoms with Crippen molar-refractivity contribution in [2.45, 2.75) is 6.42 Å². The molecule has 0 aliphatic rings. The van der Waals surface area contributed by atoms with Crippen LogP contribution in [0.5, 0.6) is 0 Å². The Hall–Kier alpha value is -1.96. The summed E-state index contributed by atoms with van der Waals surface area (Å²) in [7, 11) is 0. The van der Waals surface area contributed by atoms with Gasteiger partial charge in [-0.05, 0) is 17.2 Å². The van der Waals surface area contributed by atoms with Crippen LogP contribution in [0, 0.1) is 5.82 Å². The topological polar surface area (TPSA) is 17.1 Å². The van der Waals surface area contributed by atoms with Gasteiger partial charge in [0.25, 0.3) is 0 Å². The van der Waals surface area contributed by atoms with Gasteiger partial charge in [-0.1, -0.05) is 42.5 Å². The highest BCUT2D eigenvalue weighted by atomic mass is 19.1. The first-order chi connectivity index (χ1) is 7.83. The molecule has 16 heavy (non-hydrogen) atoms. The van der Waals surface area contributed by atoms with E-state index >= 15 is 0 Å². The molecule has 0 aliphatic heterocycles. The van der Waals surface area contributed by atoms with E-state index in [1.165, 1.54) is 6.07 Å². The lowest BCUT2D eigenvalue weighted by Crippen LogP contribution is -1.92. The van der Waals surface area contributed by atoms with Crippen LogP contribution in [0.4, 0.5) is 4.39 Å². The van der Waals surface area contributed by atoms with Gasteiger partial charge in [0.1, 0.15) is 12.1 Å². The SMILES string of the molecule is O=CCc1ccccc1-c1ccccc1F. The number of carbonyl (C=O) groups excluding carboxylic acids is 1. The lowest BCUT2D eigenvalue weighted by Gasteiger charge is -2.07. The second-order valence-electron chi connectivity index (χ2n) is 3.51. The lowest BCUT2D eigenvalue weighted by atomic mass is 9.98. The second-order valence-corrected chi connectivity index (χ2v) is 3.51. The van der Waals surface area contributed by atoms with Crippen LogP contribution in [0.1, 0.15) is 5.56 Å². The summed E-state index contributed by atoms with van der Waals surface area (Å²) in [4.78, 5) is 10.5. The summed E-state index contributed by atoms with van der Waals surface area (Å²) in [6.45, 7) is 0. The van der Waals surface area contributed by atoms with E-state index in [0.29, 0.717) is 12.0 Å². The maximum Gasteiger partial charge on any atom is 0.131 e. The largest absolute Gasteiger partial charge is 0.303 e. The van der Waals surface area contributed by atoms with E-state index < -0.39 is 0 Å². The molecular formula is C14H11FO. The minimum Gasteiger partial charge on any atom is -0.303 e. The van der Waals surface area contributed by atoms with Gasteiger partial charge in [0, 0.05) is 12.0 Å². The van der Waals surface area contributed by atoms with Gasteiger partial charge in [-0.2, -0.15) is 0 Å². The van der Waals surface area contributed by atoms with Crippen LogP contribution in [0.15, 0.2) is 48.5 Å². The van der Waals surface area contributed by atoms with Crippen molar-refractivity contribution in [2.24, 2.45) is 0 Å². The average Bonchev–Trinajstić information content (AvgIpc) is 2.31. The van der Waals surface area contributed by atoms with Crippen LogP contribution in [-0.4, -0.2) is 6.29 Å². The molecule has 0 aromatic heterocycles. The minimum atomic E-state index is -0.263. The first-order valence-electron chi connectivity index (χ1n) is 5.09. The molecule has 0 bridgehead atoms. The highest BCUT2D eigenvalue weighted by molar-refractivity contribution is 5.71. The van der Waals surface area contributed by atoms with E-state index in [1.807, 2.05) is 24.3 Å². The third-order valence-corrected chi connectivity index (χ3v) is 2.48. The summed E-state index contributed by atoms with van der Waals surface area (Å²) in [5, 5.41) is 0. The molecule has 0 saturated carbocycles. The summed E-state index contributed by atoms with van der Waals surface area (Å²) in [6, 6.07) is 14.0. The molecule has 0 spiro atoms. The van der Waals surface area contributed by atoms with Gasteiger partial charge in [-0.15, -0.1) is 0 Å². The number of rotatable bonds is 3. The maximum atomic E-state index is 13.6. The fourth-order valence-corrected chi connectivity index (χ4v) is 1.73. The Labute approximate surface area is 93.5 Å². The predicted octanol–water partition coefficient (Wildman–Crippen LogP) is 3.23. The zero-order chi connectivity index (χ0) is 11.4. The van der Waals surface area contributed by atoms with Crippen molar-refractivity contribution in [3.8, 4) is 11.1 Å². The lowest BCUT2D eigenvalue weighted by molar-refractivity contribution is -0.107. The van der Waals surface area contributed by atoms with Gasteiger partial charge in [0.2, 0.25) is 0 Å². The second kappa shape index (κ2) is 4.71. The molecule has 80 valence electrons. The molecule has 2 rings (SSSR count). The first-order valence-corrected chi connectivity index (χ1v) is 5.09. The van der Waals surface area contributed by atoms with Crippen molar-refractivity contribution in [3.05, 3.63) is 59.9 Å². The quantitative estimate of drug-likeness (QED) is 0.717. The summed E-state index contributed by atoms with van der Waals surface area (Å²) >= 11 is 0. The van der Waals surface area contributed by atoms with Crippen LogP contribution < -0.4 is 0 Å². The standard InChI is InChI=1S/C14H11FO/c15-14-8-4-3-7-13(14)12-6-2-1-5-11(12)9-10-16/h1-8,10H,9H2. The van der Waals surface area contributed by atoms with Crippen molar-refractivity contribution in [1.82, 2.24) is 0 Å². The highest BCUT2D eigenvalue weighted by Gasteiger charge is 2.07. The molecule has 0 N–H and O–H groups in total. The van der Waals surface area contributed by atoms with E-state index in [9.17, 15) is 9.18 Å². The smallest absolute Gasteiger partial charge is 0.131 e. The van der Waals surface area contributed by atoms with Crippen LogP contribution in [0.2, 0.25) is 0 Å². The summed E-state index contributed by atoms with van der Waals surface area (Å²) in [5.74, 6) is -0.263. The molecule has 0 atom stereocenters. The number of hydrogen-bond donors (Lipinski definition) is 0. The average molecular weight is 214 g/mol. The van der Waals surface area contributed by atoms with Gasteiger partial charge >= 0.3 is 0 Å². The molecule has 0 radical (unpaired) electrons. The normalized spacial score (nSPS) is 10.1. The number of carbonyl (C=O) groups is 1. The van der Waals surface area contributed by atoms with Crippen molar-refractivity contribution in [3.63, 3.8) is 0 Å². The predicted molar refractivity (Wildman–Crippen MR) is 61.6 cm³/mol. The van der Waals surface area contributed by atoms with Crippen LogP contribution in [0.3, 0.4) is 0 Å². The van der Waals surface area contributed by atoms with Crippen molar-refractivity contribution < 1.29 is 9.18 Å². The number of halogens is 1. The molecule has 0 aliphatic carbocycles. The molecular weight excluding hydrogens is 203 g/mol. The molecule has 0 saturated heterocycles. The van der Waals surface area contributed by atoms with Gasteiger partial charge in [0.05, 0.1) is 0 Å². The van der Waals surface area contributed by atoms with Gasteiger partial charge in [-0.3, -0.25) is 0 Å². The first kappa shape index (κ1) is 10.6. The molecule has 0 fully saturated rings. The summed E-state index contributed by atoms with van der Waals surface area (Å²) < 4.78 is 13.6. The fraction of sp³-hybridized carbons (Fsp3) is 0.0714. The minimum absolute atomic E-state index is 0.263. The molecule has 0 heterocycles. The molecule has 1 nitrogen and oxygen atoms in total. The highest BCUT2D eigenvalue weighted by Crippen LogP contribution is 2.26. The number of benzene rings is 2. The van der Waals surface area contributed by atoms with Crippen LogP contribution in [0.25, 0.3) is 11.1 Å². The van der Waals surface area contributed by atoms with Crippen molar-refractivity contribution in [2.75, 3.05) is 0 Å². The Balaban J connectivity index is 2.55. The zero-order valence-corrected chi connectivity index (χ0v) is 8.69. The van der Waals surface area contributed by atoms with Crippen LogP contribution >= 0.6 is 0 Å². The zero-order valence-electron chi connectivity index (χ0n) is 8.69. The molecule has 2 heteroatoms.